The largest absolute Gasteiger partial charge is 0.366 e. The van der Waals surface area contributed by atoms with Crippen LogP contribution in [0.25, 0.3) is 10.8 Å². The normalized spacial score (nSPS) is 23.3. The van der Waals surface area contributed by atoms with Crippen molar-refractivity contribution in [3.63, 3.8) is 0 Å². The van der Waals surface area contributed by atoms with Gasteiger partial charge in [-0.05, 0) is 31.4 Å². The summed E-state index contributed by atoms with van der Waals surface area (Å²) < 4.78 is 5.66. The SMILES string of the molecule is CC(CN1C(=O)c2cccc3cccc(c23)C1=O)C1OC1(C)C. The van der Waals surface area contributed by atoms with Crippen LogP contribution in [0.1, 0.15) is 41.5 Å². The van der Waals surface area contributed by atoms with Gasteiger partial charge in [-0.2, -0.15) is 0 Å². The number of carbonyl (C=O) groups excluding carboxylic acids is 2. The van der Waals surface area contributed by atoms with Gasteiger partial charge in [-0.3, -0.25) is 14.5 Å². The molecule has 23 heavy (non-hydrogen) atoms. The molecule has 0 radical (unpaired) electrons. The molecule has 0 saturated carbocycles. The molecular weight excluding hydrogens is 290 g/mol. The van der Waals surface area contributed by atoms with E-state index in [1.807, 2.05) is 45.0 Å². The number of hydrogen-bond acceptors (Lipinski definition) is 3. The molecule has 2 amide bonds. The number of benzene rings is 2. The summed E-state index contributed by atoms with van der Waals surface area (Å²) in [7, 11) is 0. The smallest absolute Gasteiger partial charge is 0.261 e. The summed E-state index contributed by atoms with van der Waals surface area (Å²) in [5, 5.41) is 1.71. The molecule has 2 aromatic carbocycles. The van der Waals surface area contributed by atoms with Crippen molar-refractivity contribution in [2.24, 2.45) is 5.92 Å². The van der Waals surface area contributed by atoms with E-state index in [-0.39, 0.29) is 29.4 Å². The molecule has 4 nitrogen and oxygen atoms in total. The van der Waals surface area contributed by atoms with E-state index >= 15 is 0 Å². The van der Waals surface area contributed by atoms with E-state index in [0.29, 0.717) is 17.7 Å². The lowest BCUT2D eigenvalue weighted by Crippen LogP contribution is -2.43. The maximum absolute atomic E-state index is 12.8. The van der Waals surface area contributed by atoms with Crippen molar-refractivity contribution in [2.45, 2.75) is 32.5 Å². The zero-order valence-electron chi connectivity index (χ0n) is 13.5. The molecule has 1 fully saturated rings. The van der Waals surface area contributed by atoms with E-state index in [0.717, 1.165) is 10.8 Å². The summed E-state index contributed by atoms with van der Waals surface area (Å²) >= 11 is 0. The molecule has 0 bridgehead atoms. The van der Waals surface area contributed by atoms with Crippen LogP contribution in [-0.2, 0) is 4.74 Å². The molecular formula is C19H19NO3. The number of epoxide rings is 1. The van der Waals surface area contributed by atoms with Crippen LogP contribution in [0.4, 0.5) is 0 Å². The summed E-state index contributed by atoms with van der Waals surface area (Å²) in [5.41, 5.74) is 1.07. The highest BCUT2D eigenvalue weighted by Gasteiger charge is 2.51. The number of hydrogen-bond donors (Lipinski definition) is 0. The number of nitrogens with zero attached hydrogens (tertiary/aromatic N) is 1. The van der Waals surface area contributed by atoms with Crippen LogP contribution in [0.2, 0.25) is 0 Å². The maximum Gasteiger partial charge on any atom is 0.261 e. The number of rotatable bonds is 3. The second-order valence-corrected chi connectivity index (χ2v) is 7.05. The highest BCUT2D eigenvalue weighted by molar-refractivity contribution is 6.25. The molecule has 1 saturated heterocycles. The van der Waals surface area contributed by atoms with Crippen LogP contribution >= 0.6 is 0 Å². The molecule has 0 spiro atoms. The summed E-state index contributed by atoms with van der Waals surface area (Å²) in [6.45, 7) is 6.48. The third-order valence-corrected chi connectivity index (χ3v) is 4.90. The van der Waals surface area contributed by atoms with E-state index in [4.69, 9.17) is 4.74 Å². The topological polar surface area (TPSA) is 49.9 Å². The second-order valence-electron chi connectivity index (χ2n) is 7.05. The number of imide groups is 1. The van der Waals surface area contributed by atoms with E-state index in [1.54, 1.807) is 12.1 Å². The molecule has 0 aliphatic carbocycles. The van der Waals surface area contributed by atoms with Crippen molar-refractivity contribution in [3.05, 3.63) is 47.5 Å². The predicted octanol–water partition coefficient (Wildman–Crippen LogP) is 3.25. The quantitative estimate of drug-likeness (QED) is 0.646. The van der Waals surface area contributed by atoms with Gasteiger partial charge in [0.2, 0.25) is 0 Å². The van der Waals surface area contributed by atoms with Gasteiger partial charge in [0.15, 0.2) is 0 Å². The molecule has 118 valence electrons. The van der Waals surface area contributed by atoms with Crippen LogP contribution in [0, 0.1) is 5.92 Å². The Bertz CT molecular complexity index is 789. The number of amides is 2. The van der Waals surface area contributed by atoms with Gasteiger partial charge >= 0.3 is 0 Å². The van der Waals surface area contributed by atoms with Crippen molar-refractivity contribution >= 4 is 22.6 Å². The van der Waals surface area contributed by atoms with E-state index in [2.05, 4.69) is 0 Å². The Hall–Kier alpha value is -2.20. The van der Waals surface area contributed by atoms with Crippen molar-refractivity contribution in [2.75, 3.05) is 6.54 Å². The molecule has 0 N–H and O–H groups in total. The Morgan fingerprint density at radius 3 is 2.09 bits per heavy atom. The maximum atomic E-state index is 12.8. The summed E-state index contributed by atoms with van der Waals surface area (Å²) in [6.07, 6.45) is 0.0936. The fourth-order valence-electron chi connectivity index (χ4n) is 3.72. The minimum Gasteiger partial charge on any atom is -0.366 e. The Labute approximate surface area is 135 Å². The molecule has 2 atom stereocenters. The van der Waals surface area contributed by atoms with E-state index < -0.39 is 0 Å². The Morgan fingerprint density at radius 1 is 1.09 bits per heavy atom. The van der Waals surface area contributed by atoms with E-state index in [9.17, 15) is 9.59 Å². The van der Waals surface area contributed by atoms with Gasteiger partial charge in [0.25, 0.3) is 11.8 Å². The first-order chi connectivity index (χ1) is 10.9. The molecule has 2 aromatic rings. The third-order valence-electron chi connectivity index (χ3n) is 4.90. The van der Waals surface area contributed by atoms with Crippen molar-refractivity contribution in [1.82, 2.24) is 4.90 Å². The minimum atomic E-state index is -0.204. The summed E-state index contributed by atoms with van der Waals surface area (Å²) in [4.78, 5) is 27.0. The van der Waals surface area contributed by atoms with Gasteiger partial charge in [-0.15, -0.1) is 0 Å². The number of carbonyl (C=O) groups is 2. The average molecular weight is 309 g/mol. The van der Waals surface area contributed by atoms with Gasteiger partial charge in [-0.1, -0.05) is 31.2 Å². The first kappa shape index (κ1) is 14.4. The molecule has 2 unspecified atom stereocenters. The lowest BCUT2D eigenvalue weighted by atomic mass is 9.92. The van der Waals surface area contributed by atoms with Crippen LogP contribution in [0.15, 0.2) is 36.4 Å². The van der Waals surface area contributed by atoms with Gasteiger partial charge in [0.05, 0.1) is 11.7 Å². The Balaban J connectivity index is 1.72. The Kier molecular flexibility index (Phi) is 2.91. The summed E-state index contributed by atoms with van der Waals surface area (Å²) in [6, 6.07) is 11.2. The molecule has 0 aromatic heterocycles. The molecule has 4 rings (SSSR count). The highest BCUT2D eigenvalue weighted by Crippen LogP contribution is 2.41. The fraction of sp³-hybridized carbons (Fsp3) is 0.368. The number of ether oxygens (including phenoxy) is 1. The van der Waals surface area contributed by atoms with Crippen molar-refractivity contribution in [1.29, 1.82) is 0 Å². The zero-order chi connectivity index (χ0) is 16.4. The molecule has 2 aliphatic heterocycles. The van der Waals surface area contributed by atoms with E-state index in [1.165, 1.54) is 4.90 Å². The first-order valence-electron chi connectivity index (χ1n) is 7.96. The first-order valence-corrected chi connectivity index (χ1v) is 7.96. The minimum absolute atomic E-state index is 0.0936. The van der Waals surface area contributed by atoms with Crippen molar-refractivity contribution in [3.8, 4) is 0 Å². The highest BCUT2D eigenvalue weighted by atomic mass is 16.6. The van der Waals surface area contributed by atoms with Crippen LogP contribution in [-0.4, -0.2) is 35.0 Å². The fourth-order valence-corrected chi connectivity index (χ4v) is 3.72. The second kappa shape index (κ2) is 4.65. The van der Waals surface area contributed by atoms with Crippen LogP contribution < -0.4 is 0 Å². The molecule has 2 aliphatic rings. The third kappa shape index (κ3) is 2.09. The van der Waals surface area contributed by atoms with Gasteiger partial charge in [0, 0.05) is 29.0 Å². The molecule has 2 heterocycles. The lowest BCUT2D eigenvalue weighted by molar-refractivity contribution is 0.0581. The van der Waals surface area contributed by atoms with Gasteiger partial charge < -0.3 is 4.74 Å². The average Bonchev–Trinajstić information content (AvgIpc) is 3.17. The van der Waals surface area contributed by atoms with Crippen molar-refractivity contribution < 1.29 is 14.3 Å². The Morgan fingerprint density at radius 2 is 1.61 bits per heavy atom. The van der Waals surface area contributed by atoms with Crippen LogP contribution in [0.5, 0.6) is 0 Å². The van der Waals surface area contributed by atoms with Gasteiger partial charge in [0.1, 0.15) is 0 Å². The standard InChI is InChI=1S/C19H19NO3/c1-11(16-19(2,3)23-16)10-20-17(21)13-8-4-6-12-7-5-9-14(15(12)13)18(20)22/h4-9,11,16H,10H2,1-3H3. The van der Waals surface area contributed by atoms with Crippen LogP contribution in [0.3, 0.4) is 0 Å². The monoisotopic (exact) mass is 309 g/mol. The lowest BCUT2D eigenvalue weighted by Gasteiger charge is -2.29. The zero-order valence-corrected chi connectivity index (χ0v) is 13.5. The summed E-state index contributed by atoms with van der Waals surface area (Å²) in [5.74, 6) is -0.295. The van der Waals surface area contributed by atoms with Gasteiger partial charge in [-0.25, -0.2) is 0 Å². The predicted molar refractivity (Wildman–Crippen MR) is 87.4 cm³/mol. The molecule has 4 heteroatoms.